The summed E-state index contributed by atoms with van der Waals surface area (Å²) < 4.78 is 11.3. The lowest BCUT2D eigenvalue weighted by Gasteiger charge is -2.07. The number of nitrogens with zero attached hydrogens (tertiary/aromatic N) is 2. The van der Waals surface area contributed by atoms with E-state index in [0.717, 1.165) is 45.0 Å². The molecule has 2 heterocycles. The molecule has 0 fully saturated rings. The molecule has 116 valence electrons. The quantitative estimate of drug-likeness (QED) is 0.799. The summed E-state index contributed by atoms with van der Waals surface area (Å²) in [7, 11) is 1.70. The molecule has 0 amide bonds. The SMILES string of the molecule is COc1cccc2snc(-c3ccc(C4=NCC(C)N4)cc3)c12. The number of nitrogens with one attached hydrogen (secondary N) is 1. The third-order valence-corrected chi connectivity index (χ3v) is 4.83. The zero-order chi connectivity index (χ0) is 15.8. The highest BCUT2D eigenvalue weighted by atomic mass is 32.1. The van der Waals surface area contributed by atoms with E-state index in [9.17, 15) is 0 Å². The van der Waals surface area contributed by atoms with Gasteiger partial charge in [0.25, 0.3) is 0 Å². The van der Waals surface area contributed by atoms with Crippen LogP contribution in [0.15, 0.2) is 47.5 Å². The van der Waals surface area contributed by atoms with E-state index < -0.39 is 0 Å². The Morgan fingerprint density at radius 1 is 1.13 bits per heavy atom. The monoisotopic (exact) mass is 323 g/mol. The molecule has 4 rings (SSSR count). The second-order valence-corrected chi connectivity index (χ2v) is 6.48. The van der Waals surface area contributed by atoms with Crippen LogP contribution in [0.3, 0.4) is 0 Å². The molecule has 0 bridgehead atoms. The van der Waals surface area contributed by atoms with Crippen LogP contribution in [0.1, 0.15) is 12.5 Å². The van der Waals surface area contributed by atoms with Gasteiger partial charge in [-0.05, 0) is 30.6 Å². The van der Waals surface area contributed by atoms with Crippen molar-refractivity contribution in [3.63, 3.8) is 0 Å². The molecule has 0 radical (unpaired) electrons. The predicted molar refractivity (Wildman–Crippen MR) is 95.6 cm³/mol. The van der Waals surface area contributed by atoms with Gasteiger partial charge in [-0.15, -0.1) is 0 Å². The minimum Gasteiger partial charge on any atom is -0.496 e. The van der Waals surface area contributed by atoms with Gasteiger partial charge < -0.3 is 10.1 Å². The number of methoxy groups -OCH3 is 1. The molecule has 1 aliphatic heterocycles. The first-order valence-electron chi connectivity index (χ1n) is 7.60. The largest absolute Gasteiger partial charge is 0.496 e. The standard InChI is InChI=1S/C18H17N3OS/c1-11-10-19-18(20-11)13-8-6-12(7-9-13)17-16-14(22-2)4-3-5-15(16)23-21-17/h3-9,11H,10H2,1-2H3,(H,19,20). The van der Waals surface area contributed by atoms with E-state index in [1.165, 1.54) is 11.5 Å². The second kappa shape index (κ2) is 5.66. The molecule has 2 aromatic carbocycles. The number of rotatable bonds is 3. The number of fused-ring (bicyclic) bond motifs is 1. The van der Waals surface area contributed by atoms with Gasteiger partial charge in [0.05, 0.1) is 29.4 Å². The van der Waals surface area contributed by atoms with Gasteiger partial charge in [-0.1, -0.05) is 30.3 Å². The maximum Gasteiger partial charge on any atom is 0.129 e. The van der Waals surface area contributed by atoms with Crippen LogP contribution in [0.25, 0.3) is 21.3 Å². The number of aliphatic imine (C=N–C) groups is 1. The van der Waals surface area contributed by atoms with E-state index >= 15 is 0 Å². The van der Waals surface area contributed by atoms with E-state index in [-0.39, 0.29) is 0 Å². The lowest BCUT2D eigenvalue weighted by molar-refractivity contribution is 0.420. The normalized spacial score (nSPS) is 17.1. The van der Waals surface area contributed by atoms with Crippen molar-refractivity contribution in [3.05, 3.63) is 48.0 Å². The summed E-state index contributed by atoms with van der Waals surface area (Å²) in [5.41, 5.74) is 3.18. The number of amidine groups is 1. The van der Waals surface area contributed by atoms with E-state index in [0.29, 0.717) is 6.04 Å². The van der Waals surface area contributed by atoms with E-state index in [1.807, 2.05) is 12.1 Å². The Bertz CT molecular complexity index is 883. The minimum atomic E-state index is 0.413. The minimum absolute atomic E-state index is 0.413. The number of benzene rings is 2. The van der Waals surface area contributed by atoms with Crippen LogP contribution in [0.4, 0.5) is 0 Å². The molecule has 3 aromatic rings. The molecular weight excluding hydrogens is 306 g/mol. The smallest absolute Gasteiger partial charge is 0.129 e. The van der Waals surface area contributed by atoms with E-state index in [1.54, 1.807) is 7.11 Å². The van der Waals surface area contributed by atoms with Gasteiger partial charge in [-0.25, -0.2) is 0 Å². The summed E-state index contributed by atoms with van der Waals surface area (Å²) in [6.45, 7) is 2.98. The maximum absolute atomic E-state index is 5.50. The van der Waals surface area contributed by atoms with Gasteiger partial charge in [-0.2, -0.15) is 4.37 Å². The van der Waals surface area contributed by atoms with Crippen LogP contribution in [0, 0.1) is 0 Å². The molecular formula is C18H17N3OS. The van der Waals surface area contributed by atoms with Gasteiger partial charge in [0.15, 0.2) is 0 Å². The van der Waals surface area contributed by atoms with Crippen molar-refractivity contribution in [3.8, 4) is 17.0 Å². The maximum atomic E-state index is 5.50. The van der Waals surface area contributed by atoms with Crippen molar-refractivity contribution in [1.82, 2.24) is 9.69 Å². The lowest BCUT2D eigenvalue weighted by atomic mass is 10.0. The zero-order valence-electron chi connectivity index (χ0n) is 13.0. The number of ether oxygens (including phenoxy) is 1. The third kappa shape index (κ3) is 2.47. The average molecular weight is 323 g/mol. The first-order chi connectivity index (χ1) is 11.3. The highest BCUT2D eigenvalue weighted by Crippen LogP contribution is 2.37. The Labute approximate surface area is 139 Å². The lowest BCUT2D eigenvalue weighted by Crippen LogP contribution is -2.27. The van der Waals surface area contributed by atoms with Gasteiger partial charge in [-0.3, -0.25) is 4.99 Å². The number of hydrogen-bond donors (Lipinski definition) is 1. The Hall–Kier alpha value is -2.40. The van der Waals surface area contributed by atoms with Crippen LogP contribution >= 0.6 is 11.5 Å². The Balaban J connectivity index is 1.74. The second-order valence-electron chi connectivity index (χ2n) is 5.68. The summed E-state index contributed by atoms with van der Waals surface area (Å²) in [6.07, 6.45) is 0. The number of aromatic nitrogens is 1. The fourth-order valence-corrected chi connectivity index (χ4v) is 3.66. The predicted octanol–water partition coefficient (Wildman–Crippen LogP) is 3.71. The third-order valence-electron chi connectivity index (χ3n) is 4.02. The summed E-state index contributed by atoms with van der Waals surface area (Å²) in [5.74, 6) is 1.84. The Morgan fingerprint density at radius 2 is 1.91 bits per heavy atom. The first kappa shape index (κ1) is 14.2. The molecule has 1 atom stereocenters. The molecule has 1 aliphatic rings. The summed E-state index contributed by atoms with van der Waals surface area (Å²) >= 11 is 1.50. The van der Waals surface area contributed by atoms with Gasteiger partial charge in [0.2, 0.25) is 0 Å². The molecule has 0 spiro atoms. The van der Waals surface area contributed by atoms with Crippen LogP contribution in [-0.4, -0.2) is 29.9 Å². The van der Waals surface area contributed by atoms with Crippen LogP contribution in [-0.2, 0) is 0 Å². The fraction of sp³-hybridized carbons (Fsp3) is 0.222. The Morgan fingerprint density at radius 3 is 2.61 bits per heavy atom. The van der Waals surface area contributed by atoms with Crippen molar-refractivity contribution in [2.24, 2.45) is 4.99 Å². The van der Waals surface area contributed by atoms with Crippen LogP contribution < -0.4 is 10.1 Å². The average Bonchev–Trinajstić information content (AvgIpc) is 3.21. The van der Waals surface area contributed by atoms with E-state index in [4.69, 9.17) is 4.74 Å². The van der Waals surface area contributed by atoms with Crippen molar-refractivity contribution < 1.29 is 4.74 Å². The van der Waals surface area contributed by atoms with Crippen molar-refractivity contribution in [1.29, 1.82) is 0 Å². The number of hydrogen-bond acceptors (Lipinski definition) is 5. The molecule has 0 aliphatic carbocycles. The van der Waals surface area contributed by atoms with Crippen molar-refractivity contribution in [2.45, 2.75) is 13.0 Å². The van der Waals surface area contributed by atoms with Crippen molar-refractivity contribution in [2.75, 3.05) is 13.7 Å². The molecule has 23 heavy (non-hydrogen) atoms. The molecule has 5 heteroatoms. The zero-order valence-corrected chi connectivity index (χ0v) is 13.9. The Kier molecular flexibility index (Phi) is 3.50. The van der Waals surface area contributed by atoms with Crippen LogP contribution in [0.2, 0.25) is 0 Å². The van der Waals surface area contributed by atoms with Crippen molar-refractivity contribution >= 4 is 27.5 Å². The van der Waals surface area contributed by atoms with Gasteiger partial charge in [0, 0.05) is 17.2 Å². The molecule has 0 saturated heterocycles. The summed E-state index contributed by atoms with van der Waals surface area (Å²) in [4.78, 5) is 4.53. The topological polar surface area (TPSA) is 46.5 Å². The van der Waals surface area contributed by atoms with Gasteiger partial charge >= 0.3 is 0 Å². The molecule has 0 saturated carbocycles. The highest BCUT2D eigenvalue weighted by molar-refractivity contribution is 7.13. The fourth-order valence-electron chi connectivity index (χ4n) is 2.84. The molecule has 4 nitrogen and oxygen atoms in total. The first-order valence-corrected chi connectivity index (χ1v) is 8.38. The molecule has 1 unspecified atom stereocenters. The molecule has 1 aromatic heterocycles. The summed E-state index contributed by atoms with van der Waals surface area (Å²) in [6, 6.07) is 14.9. The van der Waals surface area contributed by atoms with Crippen LogP contribution in [0.5, 0.6) is 5.75 Å². The van der Waals surface area contributed by atoms with E-state index in [2.05, 4.69) is 51.9 Å². The highest BCUT2D eigenvalue weighted by Gasteiger charge is 2.16. The summed E-state index contributed by atoms with van der Waals surface area (Å²) in [5, 5.41) is 4.47. The molecule has 1 N–H and O–H groups in total. The van der Waals surface area contributed by atoms with Gasteiger partial charge in [0.1, 0.15) is 11.6 Å².